The van der Waals surface area contributed by atoms with Crippen LogP contribution < -0.4 is 10.6 Å². The van der Waals surface area contributed by atoms with Crippen molar-refractivity contribution in [1.82, 2.24) is 10.6 Å². The molecule has 6 heteroatoms. The summed E-state index contributed by atoms with van der Waals surface area (Å²) in [5, 5.41) is 6.12. The highest BCUT2D eigenvalue weighted by molar-refractivity contribution is 14.0. The Bertz CT molecular complexity index is 268. The fraction of sp³-hybridized carbons (Fsp3) is 0.667. The number of guanidine groups is 1. The van der Waals surface area contributed by atoms with E-state index in [1.807, 2.05) is 20.8 Å². The molecule has 0 bridgehead atoms. The van der Waals surface area contributed by atoms with Gasteiger partial charge < -0.3 is 15.4 Å². The van der Waals surface area contributed by atoms with E-state index in [2.05, 4.69) is 22.2 Å². The summed E-state index contributed by atoms with van der Waals surface area (Å²) in [5.74, 6) is 0.466. The van der Waals surface area contributed by atoms with Crippen LogP contribution in [-0.2, 0) is 9.53 Å². The quantitative estimate of drug-likeness (QED) is 0.236. The van der Waals surface area contributed by atoms with Crippen molar-refractivity contribution in [1.29, 1.82) is 0 Å². The predicted molar refractivity (Wildman–Crippen MR) is 85.4 cm³/mol. The molecule has 0 atom stereocenters. The molecule has 0 amide bonds. The lowest BCUT2D eigenvalue weighted by molar-refractivity contribution is -0.147. The van der Waals surface area contributed by atoms with Gasteiger partial charge in [-0.25, -0.2) is 0 Å². The van der Waals surface area contributed by atoms with E-state index < -0.39 is 0 Å². The first kappa shape index (κ1) is 19.5. The van der Waals surface area contributed by atoms with Crippen molar-refractivity contribution >= 4 is 35.9 Å². The molecule has 0 radical (unpaired) electrons. The topological polar surface area (TPSA) is 62.7 Å². The zero-order valence-corrected chi connectivity index (χ0v) is 13.7. The minimum absolute atomic E-state index is 0. The summed E-state index contributed by atoms with van der Waals surface area (Å²) in [6, 6.07) is 0. The largest absolute Gasteiger partial charge is 0.463 e. The summed E-state index contributed by atoms with van der Waals surface area (Å²) in [7, 11) is 0. The summed E-state index contributed by atoms with van der Waals surface area (Å²) in [6.45, 7) is 11.1. The highest BCUT2D eigenvalue weighted by atomic mass is 127. The van der Waals surface area contributed by atoms with Gasteiger partial charge in [0.15, 0.2) is 5.96 Å². The second-order valence-electron chi connectivity index (χ2n) is 3.72. The number of hydrogen-bond donors (Lipinski definition) is 2. The van der Waals surface area contributed by atoms with Crippen LogP contribution >= 0.6 is 24.0 Å². The molecular weight excluding hydrogens is 345 g/mol. The third-order valence-corrected chi connectivity index (χ3v) is 1.71. The van der Waals surface area contributed by atoms with Gasteiger partial charge in [0.1, 0.15) is 0 Å². The van der Waals surface area contributed by atoms with Gasteiger partial charge in [0, 0.05) is 13.1 Å². The minimum atomic E-state index is -0.219. The third kappa shape index (κ3) is 11.7. The van der Waals surface area contributed by atoms with Crippen molar-refractivity contribution in [2.75, 3.05) is 19.6 Å². The van der Waals surface area contributed by atoms with Crippen molar-refractivity contribution < 1.29 is 9.53 Å². The summed E-state index contributed by atoms with van der Waals surface area (Å²) < 4.78 is 5.01. The highest BCUT2D eigenvalue weighted by Crippen LogP contribution is 1.93. The molecular formula is C12H24IN3O2. The van der Waals surface area contributed by atoms with Gasteiger partial charge in [-0.3, -0.25) is 9.79 Å². The SMILES string of the molecule is C=CCNC(=NCCC(=O)OC(C)C)NCC.I. The minimum Gasteiger partial charge on any atom is -0.463 e. The number of rotatable bonds is 7. The van der Waals surface area contributed by atoms with Gasteiger partial charge in [-0.1, -0.05) is 6.08 Å². The van der Waals surface area contributed by atoms with Gasteiger partial charge in [0.05, 0.1) is 19.1 Å². The Morgan fingerprint density at radius 1 is 1.44 bits per heavy atom. The Balaban J connectivity index is 0. The summed E-state index contributed by atoms with van der Waals surface area (Å²) in [4.78, 5) is 15.5. The number of aliphatic imine (C=N–C) groups is 1. The van der Waals surface area contributed by atoms with Gasteiger partial charge in [-0.15, -0.1) is 30.6 Å². The average molecular weight is 369 g/mol. The lowest BCUT2D eigenvalue weighted by atomic mass is 10.4. The molecule has 18 heavy (non-hydrogen) atoms. The lowest BCUT2D eigenvalue weighted by Gasteiger charge is -2.09. The van der Waals surface area contributed by atoms with Gasteiger partial charge in [0.25, 0.3) is 0 Å². The monoisotopic (exact) mass is 369 g/mol. The third-order valence-electron chi connectivity index (χ3n) is 1.71. The Labute approximate surface area is 126 Å². The number of nitrogens with zero attached hydrogens (tertiary/aromatic N) is 1. The van der Waals surface area contributed by atoms with E-state index in [4.69, 9.17) is 4.74 Å². The maximum absolute atomic E-state index is 11.3. The van der Waals surface area contributed by atoms with Crippen molar-refractivity contribution in [3.63, 3.8) is 0 Å². The number of halogens is 1. The highest BCUT2D eigenvalue weighted by Gasteiger charge is 2.04. The zero-order chi connectivity index (χ0) is 13.1. The molecule has 0 spiro atoms. The van der Waals surface area contributed by atoms with Crippen LogP contribution in [0, 0.1) is 0 Å². The second-order valence-corrected chi connectivity index (χ2v) is 3.72. The van der Waals surface area contributed by atoms with E-state index in [0.717, 1.165) is 6.54 Å². The Hall–Kier alpha value is -0.790. The number of carbonyl (C=O) groups excluding carboxylic acids is 1. The molecule has 5 nitrogen and oxygen atoms in total. The summed E-state index contributed by atoms with van der Waals surface area (Å²) in [6.07, 6.45) is 1.97. The first-order chi connectivity index (χ1) is 8.10. The molecule has 0 unspecified atom stereocenters. The number of nitrogens with one attached hydrogen (secondary N) is 2. The Kier molecular flexibility index (Phi) is 13.7. The van der Waals surface area contributed by atoms with E-state index in [0.29, 0.717) is 25.5 Å². The van der Waals surface area contributed by atoms with Crippen LogP contribution in [0.25, 0.3) is 0 Å². The van der Waals surface area contributed by atoms with Crippen LogP contribution in [0.4, 0.5) is 0 Å². The van der Waals surface area contributed by atoms with Gasteiger partial charge in [-0.05, 0) is 20.8 Å². The van der Waals surface area contributed by atoms with Crippen LogP contribution in [0.5, 0.6) is 0 Å². The normalized spacial score (nSPS) is 10.6. The molecule has 0 saturated carbocycles. The van der Waals surface area contributed by atoms with Crippen molar-refractivity contribution in [2.24, 2.45) is 4.99 Å². The predicted octanol–water partition coefficient (Wildman–Crippen LogP) is 1.69. The van der Waals surface area contributed by atoms with Gasteiger partial charge in [-0.2, -0.15) is 0 Å². The van der Waals surface area contributed by atoms with Crippen molar-refractivity contribution in [3.8, 4) is 0 Å². The summed E-state index contributed by atoms with van der Waals surface area (Å²) >= 11 is 0. The van der Waals surface area contributed by atoms with E-state index in [1.165, 1.54) is 0 Å². The van der Waals surface area contributed by atoms with Gasteiger partial charge >= 0.3 is 5.97 Å². The average Bonchev–Trinajstić information content (AvgIpc) is 2.24. The van der Waals surface area contributed by atoms with Crippen LogP contribution in [0.3, 0.4) is 0 Å². The van der Waals surface area contributed by atoms with E-state index in [9.17, 15) is 4.79 Å². The number of esters is 1. The second kappa shape index (κ2) is 12.7. The van der Waals surface area contributed by atoms with E-state index in [-0.39, 0.29) is 36.0 Å². The molecule has 2 N–H and O–H groups in total. The number of hydrogen-bond acceptors (Lipinski definition) is 3. The fourth-order valence-corrected chi connectivity index (χ4v) is 1.09. The molecule has 0 aromatic rings. The van der Waals surface area contributed by atoms with E-state index in [1.54, 1.807) is 6.08 Å². The maximum atomic E-state index is 11.3. The van der Waals surface area contributed by atoms with Gasteiger partial charge in [0.2, 0.25) is 0 Å². The molecule has 0 aliphatic rings. The molecule has 0 heterocycles. The lowest BCUT2D eigenvalue weighted by Crippen LogP contribution is -2.37. The molecule has 0 fully saturated rings. The van der Waals surface area contributed by atoms with Crippen molar-refractivity contribution in [3.05, 3.63) is 12.7 Å². The molecule has 0 aliphatic heterocycles. The Morgan fingerprint density at radius 2 is 2.11 bits per heavy atom. The van der Waals surface area contributed by atoms with Crippen LogP contribution in [0.2, 0.25) is 0 Å². The van der Waals surface area contributed by atoms with Crippen molar-refractivity contribution in [2.45, 2.75) is 33.3 Å². The summed E-state index contributed by atoms with van der Waals surface area (Å²) in [5.41, 5.74) is 0. The smallest absolute Gasteiger partial charge is 0.307 e. The molecule has 0 aliphatic carbocycles. The number of ether oxygens (including phenoxy) is 1. The van der Waals surface area contributed by atoms with E-state index >= 15 is 0 Å². The maximum Gasteiger partial charge on any atom is 0.307 e. The fourth-order valence-electron chi connectivity index (χ4n) is 1.09. The standard InChI is InChI=1S/C12H23N3O2.HI/c1-5-8-14-12(13-6-2)15-9-7-11(16)17-10(3)4;/h5,10H,1,6-9H2,2-4H3,(H2,13,14,15);1H. The van der Waals surface area contributed by atoms with Crippen LogP contribution in [-0.4, -0.2) is 37.7 Å². The van der Waals surface area contributed by atoms with Crippen LogP contribution in [0.1, 0.15) is 27.2 Å². The first-order valence-electron chi connectivity index (χ1n) is 5.92. The molecule has 0 rings (SSSR count). The molecule has 0 aromatic carbocycles. The van der Waals surface area contributed by atoms with Crippen LogP contribution in [0.15, 0.2) is 17.6 Å². The molecule has 106 valence electrons. The molecule has 0 saturated heterocycles. The zero-order valence-electron chi connectivity index (χ0n) is 11.4. The molecule has 0 aromatic heterocycles. The Morgan fingerprint density at radius 3 is 2.61 bits per heavy atom. The first-order valence-corrected chi connectivity index (χ1v) is 5.92. The number of carbonyl (C=O) groups is 1.